The monoisotopic (exact) mass is 328 g/mol. The van der Waals surface area contributed by atoms with Crippen molar-refractivity contribution in [1.82, 2.24) is 0 Å². The minimum Gasteiger partial charge on any atom is -0.481 e. The maximum Gasteiger partial charge on any atom is 0.272 e. The molecule has 2 rings (SSSR count). The molecule has 0 aliphatic rings. The number of nitro groups is 1. The SMILES string of the molecule is Cc1cc(O[C@@H](C)C(=O)Nc2c(C)cccc2C)ccc1[N+](=O)[O-]. The summed E-state index contributed by atoms with van der Waals surface area (Å²) >= 11 is 0. The minimum atomic E-state index is -0.732. The summed E-state index contributed by atoms with van der Waals surface area (Å²) in [6.45, 7) is 7.12. The van der Waals surface area contributed by atoms with Gasteiger partial charge in [0.25, 0.3) is 11.6 Å². The molecule has 0 saturated heterocycles. The van der Waals surface area contributed by atoms with Crippen molar-refractivity contribution in [1.29, 1.82) is 0 Å². The molecule has 6 nitrogen and oxygen atoms in total. The number of ether oxygens (including phenoxy) is 1. The largest absolute Gasteiger partial charge is 0.481 e. The van der Waals surface area contributed by atoms with Crippen molar-refractivity contribution >= 4 is 17.3 Å². The van der Waals surface area contributed by atoms with Crippen LogP contribution in [0, 0.1) is 30.9 Å². The summed E-state index contributed by atoms with van der Waals surface area (Å²) < 4.78 is 5.61. The van der Waals surface area contributed by atoms with E-state index in [2.05, 4.69) is 5.32 Å². The highest BCUT2D eigenvalue weighted by atomic mass is 16.6. The third-order valence-corrected chi connectivity index (χ3v) is 3.78. The lowest BCUT2D eigenvalue weighted by molar-refractivity contribution is -0.385. The number of carbonyl (C=O) groups is 1. The van der Waals surface area contributed by atoms with Crippen LogP contribution in [0.4, 0.5) is 11.4 Å². The predicted octanol–water partition coefficient (Wildman–Crippen LogP) is 3.93. The van der Waals surface area contributed by atoms with Crippen LogP contribution in [0.3, 0.4) is 0 Å². The average Bonchev–Trinajstić information content (AvgIpc) is 2.50. The van der Waals surface area contributed by atoms with Crippen LogP contribution < -0.4 is 10.1 Å². The smallest absolute Gasteiger partial charge is 0.272 e. The molecular weight excluding hydrogens is 308 g/mol. The quantitative estimate of drug-likeness (QED) is 0.666. The number of hydrogen-bond acceptors (Lipinski definition) is 4. The molecule has 2 aromatic rings. The van der Waals surface area contributed by atoms with Crippen molar-refractivity contribution in [3.05, 3.63) is 63.2 Å². The van der Waals surface area contributed by atoms with Crippen LogP contribution in [0.1, 0.15) is 23.6 Å². The zero-order chi connectivity index (χ0) is 17.9. The lowest BCUT2D eigenvalue weighted by atomic mass is 10.1. The van der Waals surface area contributed by atoms with Gasteiger partial charge in [-0.3, -0.25) is 14.9 Å². The number of benzene rings is 2. The first-order valence-electron chi connectivity index (χ1n) is 7.58. The summed E-state index contributed by atoms with van der Waals surface area (Å²) in [5.41, 5.74) is 3.23. The highest BCUT2D eigenvalue weighted by molar-refractivity contribution is 5.95. The van der Waals surface area contributed by atoms with E-state index in [1.165, 1.54) is 12.1 Å². The Labute approximate surface area is 140 Å². The van der Waals surface area contributed by atoms with Crippen LogP contribution in [-0.2, 0) is 4.79 Å². The average molecular weight is 328 g/mol. The highest BCUT2D eigenvalue weighted by Crippen LogP contribution is 2.24. The first-order chi connectivity index (χ1) is 11.3. The third kappa shape index (κ3) is 3.90. The molecule has 0 unspecified atom stereocenters. The van der Waals surface area contributed by atoms with Crippen molar-refractivity contribution in [2.45, 2.75) is 33.8 Å². The molecule has 1 atom stereocenters. The molecule has 126 valence electrons. The number of nitro benzene ring substituents is 1. The Morgan fingerprint density at radius 2 is 1.75 bits per heavy atom. The van der Waals surface area contributed by atoms with E-state index in [1.807, 2.05) is 32.0 Å². The van der Waals surface area contributed by atoms with Crippen LogP contribution in [0.25, 0.3) is 0 Å². The molecule has 0 aliphatic carbocycles. The van der Waals surface area contributed by atoms with Crippen molar-refractivity contribution in [2.24, 2.45) is 0 Å². The number of nitrogens with zero attached hydrogens (tertiary/aromatic N) is 1. The number of rotatable bonds is 5. The molecule has 0 radical (unpaired) electrons. The fourth-order valence-corrected chi connectivity index (χ4v) is 2.40. The summed E-state index contributed by atoms with van der Waals surface area (Å²) in [7, 11) is 0. The highest BCUT2D eigenvalue weighted by Gasteiger charge is 2.18. The number of aryl methyl sites for hydroxylation is 3. The van der Waals surface area contributed by atoms with Crippen LogP contribution >= 0.6 is 0 Å². The van der Waals surface area contributed by atoms with E-state index in [0.717, 1.165) is 16.8 Å². The zero-order valence-electron chi connectivity index (χ0n) is 14.1. The molecular formula is C18H20N2O4. The van der Waals surface area contributed by atoms with Gasteiger partial charge >= 0.3 is 0 Å². The summed E-state index contributed by atoms with van der Waals surface area (Å²) in [5.74, 6) is 0.144. The maximum atomic E-state index is 12.3. The zero-order valence-corrected chi connectivity index (χ0v) is 14.1. The normalized spacial score (nSPS) is 11.7. The van der Waals surface area contributed by atoms with E-state index in [0.29, 0.717) is 11.3 Å². The van der Waals surface area contributed by atoms with Gasteiger partial charge in [0.1, 0.15) is 5.75 Å². The van der Waals surface area contributed by atoms with Gasteiger partial charge in [-0.05, 0) is 51.0 Å². The van der Waals surface area contributed by atoms with Gasteiger partial charge in [-0.1, -0.05) is 18.2 Å². The molecule has 0 bridgehead atoms. The summed E-state index contributed by atoms with van der Waals surface area (Å²) in [5, 5.41) is 13.7. The molecule has 0 spiro atoms. The van der Waals surface area contributed by atoms with Gasteiger partial charge < -0.3 is 10.1 Å². The number of amides is 1. The van der Waals surface area contributed by atoms with Gasteiger partial charge in [-0.25, -0.2) is 0 Å². The number of nitrogens with one attached hydrogen (secondary N) is 1. The van der Waals surface area contributed by atoms with Crippen molar-refractivity contribution in [3.8, 4) is 5.75 Å². The Morgan fingerprint density at radius 3 is 2.29 bits per heavy atom. The Morgan fingerprint density at radius 1 is 1.12 bits per heavy atom. The minimum absolute atomic E-state index is 0.0231. The number of carbonyl (C=O) groups excluding carboxylic acids is 1. The van der Waals surface area contributed by atoms with E-state index >= 15 is 0 Å². The molecule has 0 heterocycles. The van der Waals surface area contributed by atoms with Gasteiger partial charge in [-0.2, -0.15) is 0 Å². The van der Waals surface area contributed by atoms with Crippen LogP contribution in [-0.4, -0.2) is 16.9 Å². The van der Waals surface area contributed by atoms with Gasteiger partial charge in [0.05, 0.1) is 4.92 Å². The van der Waals surface area contributed by atoms with E-state index in [4.69, 9.17) is 4.74 Å². The predicted molar refractivity (Wildman–Crippen MR) is 92.5 cm³/mol. The number of para-hydroxylation sites is 1. The fourth-order valence-electron chi connectivity index (χ4n) is 2.40. The van der Waals surface area contributed by atoms with Crippen molar-refractivity contribution in [2.75, 3.05) is 5.32 Å². The van der Waals surface area contributed by atoms with Gasteiger partial charge in [0.2, 0.25) is 0 Å². The first kappa shape index (κ1) is 17.5. The van der Waals surface area contributed by atoms with Gasteiger partial charge in [-0.15, -0.1) is 0 Å². The van der Waals surface area contributed by atoms with Crippen molar-refractivity contribution in [3.63, 3.8) is 0 Å². The Bertz CT molecular complexity index is 766. The van der Waals surface area contributed by atoms with E-state index in [-0.39, 0.29) is 11.6 Å². The molecule has 1 N–H and O–H groups in total. The standard InChI is InChI=1S/C18H20N2O4/c1-11-6-5-7-12(2)17(11)19-18(21)14(4)24-15-8-9-16(20(22)23)13(3)10-15/h5-10,14H,1-4H3,(H,19,21)/t14-/m0/s1. The second-order valence-corrected chi connectivity index (χ2v) is 5.72. The van der Waals surface area contributed by atoms with Crippen LogP contribution in [0.2, 0.25) is 0 Å². The second-order valence-electron chi connectivity index (χ2n) is 5.72. The molecule has 0 aromatic heterocycles. The van der Waals surface area contributed by atoms with E-state index < -0.39 is 11.0 Å². The molecule has 0 fully saturated rings. The Kier molecular flexibility index (Phi) is 5.18. The van der Waals surface area contributed by atoms with Crippen LogP contribution in [0.15, 0.2) is 36.4 Å². The Balaban J connectivity index is 2.09. The fraction of sp³-hybridized carbons (Fsp3) is 0.278. The van der Waals surface area contributed by atoms with Gasteiger partial charge in [0, 0.05) is 17.3 Å². The molecule has 0 aliphatic heterocycles. The molecule has 1 amide bonds. The van der Waals surface area contributed by atoms with Crippen LogP contribution in [0.5, 0.6) is 5.75 Å². The number of hydrogen-bond donors (Lipinski definition) is 1. The maximum absolute atomic E-state index is 12.3. The van der Waals surface area contributed by atoms with E-state index in [1.54, 1.807) is 19.9 Å². The molecule has 24 heavy (non-hydrogen) atoms. The van der Waals surface area contributed by atoms with E-state index in [9.17, 15) is 14.9 Å². The second kappa shape index (κ2) is 7.12. The lowest BCUT2D eigenvalue weighted by Gasteiger charge is -2.17. The number of anilines is 1. The van der Waals surface area contributed by atoms with Crippen molar-refractivity contribution < 1.29 is 14.5 Å². The topological polar surface area (TPSA) is 81.5 Å². The Hall–Kier alpha value is -2.89. The first-order valence-corrected chi connectivity index (χ1v) is 7.58. The molecule has 0 saturated carbocycles. The molecule has 6 heteroatoms. The molecule has 2 aromatic carbocycles. The summed E-state index contributed by atoms with van der Waals surface area (Å²) in [6.07, 6.45) is -0.732. The third-order valence-electron chi connectivity index (χ3n) is 3.78. The summed E-state index contributed by atoms with van der Waals surface area (Å²) in [6, 6.07) is 10.2. The summed E-state index contributed by atoms with van der Waals surface area (Å²) in [4.78, 5) is 22.7. The lowest BCUT2D eigenvalue weighted by Crippen LogP contribution is -2.30. The van der Waals surface area contributed by atoms with Gasteiger partial charge in [0.15, 0.2) is 6.10 Å².